The molecule has 0 atom stereocenters. The minimum Gasteiger partial charge on any atom is -0.454 e. The van der Waals surface area contributed by atoms with Crippen LogP contribution in [-0.2, 0) is 10.0 Å². The van der Waals surface area contributed by atoms with Gasteiger partial charge >= 0.3 is 0 Å². The summed E-state index contributed by atoms with van der Waals surface area (Å²) in [6.45, 7) is 0. The van der Waals surface area contributed by atoms with E-state index in [2.05, 4.69) is 4.98 Å². The molecule has 5 nitrogen and oxygen atoms in total. The molecule has 0 saturated carbocycles. The van der Waals surface area contributed by atoms with E-state index in [4.69, 9.17) is 9.88 Å². The molecule has 2 aromatic rings. The zero-order valence-corrected chi connectivity index (χ0v) is 9.07. The first-order valence-corrected chi connectivity index (χ1v) is 6.05. The second-order valence-electron chi connectivity index (χ2n) is 3.13. The quantitative estimate of drug-likeness (QED) is 0.848. The molecule has 0 saturated heterocycles. The van der Waals surface area contributed by atoms with Gasteiger partial charge in [0.05, 0.1) is 0 Å². The van der Waals surface area contributed by atoms with E-state index in [-0.39, 0.29) is 10.8 Å². The summed E-state index contributed by atoms with van der Waals surface area (Å²) in [5.41, 5.74) is 0. The monoisotopic (exact) mass is 238 g/mol. The number of aromatic nitrogens is 1. The van der Waals surface area contributed by atoms with Crippen LogP contribution in [0.3, 0.4) is 0 Å². The van der Waals surface area contributed by atoms with Gasteiger partial charge in [-0.3, -0.25) is 0 Å². The lowest BCUT2D eigenvalue weighted by Gasteiger charge is -2.04. The lowest BCUT2D eigenvalue weighted by Crippen LogP contribution is -2.13. The van der Waals surface area contributed by atoms with Crippen LogP contribution in [0.5, 0.6) is 11.5 Å². The number of nitrogens with two attached hydrogens (primary N) is 1. The van der Waals surface area contributed by atoms with Crippen LogP contribution in [0, 0.1) is 0 Å². The Morgan fingerprint density at radius 1 is 1.12 bits per heavy atom. The fourth-order valence-corrected chi connectivity index (χ4v) is 1.88. The van der Waals surface area contributed by atoms with Crippen molar-refractivity contribution in [2.24, 2.45) is 5.14 Å². The number of para-hydroxylation sites is 1. The fourth-order valence-electron chi connectivity index (χ4n) is 1.26. The molecule has 1 aromatic carbocycles. The minimum atomic E-state index is -3.79. The zero-order valence-electron chi connectivity index (χ0n) is 8.25. The Hall–Kier alpha value is -1.79. The second-order valence-corrected chi connectivity index (χ2v) is 4.63. The smallest absolute Gasteiger partial charge is 0.257 e. The van der Waals surface area contributed by atoms with Crippen molar-refractivity contribution in [2.45, 2.75) is 5.03 Å². The largest absolute Gasteiger partial charge is 0.454 e. The average Bonchev–Trinajstić information content (AvgIpc) is 2.67. The van der Waals surface area contributed by atoms with Gasteiger partial charge in [-0.25, -0.2) is 13.6 Å². The van der Waals surface area contributed by atoms with Crippen LogP contribution in [0.2, 0.25) is 0 Å². The molecule has 0 bridgehead atoms. The van der Waals surface area contributed by atoms with E-state index >= 15 is 0 Å². The molecular formula is C10H10N2O3S. The van der Waals surface area contributed by atoms with Crippen LogP contribution in [0.15, 0.2) is 47.6 Å². The van der Waals surface area contributed by atoms with E-state index < -0.39 is 10.0 Å². The predicted octanol–water partition coefficient (Wildman–Crippen LogP) is 1.45. The highest BCUT2D eigenvalue weighted by Gasteiger charge is 2.16. The van der Waals surface area contributed by atoms with Gasteiger partial charge in [0.15, 0.2) is 10.8 Å². The van der Waals surface area contributed by atoms with Crippen molar-refractivity contribution < 1.29 is 13.2 Å². The molecule has 0 aliphatic heterocycles. The number of sulfonamides is 1. The number of hydrogen-bond acceptors (Lipinski definition) is 3. The van der Waals surface area contributed by atoms with Crippen molar-refractivity contribution in [3.63, 3.8) is 0 Å². The molecule has 0 unspecified atom stereocenters. The van der Waals surface area contributed by atoms with Crippen molar-refractivity contribution in [3.8, 4) is 11.5 Å². The molecule has 0 amide bonds. The number of ether oxygens (including phenoxy) is 1. The van der Waals surface area contributed by atoms with Gasteiger partial charge in [0.1, 0.15) is 5.75 Å². The van der Waals surface area contributed by atoms with Crippen LogP contribution in [0.25, 0.3) is 0 Å². The highest BCUT2D eigenvalue weighted by Crippen LogP contribution is 2.26. The maximum absolute atomic E-state index is 11.2. The molecule has 3 N–H and O–H groups in total. The van der Waals surface area contributed by atoms with Crippen molar-refractivity contribution in [1.29, 1.82) is 0 Å². The SMILES string of the molecule is NS(=O)(=O)c1[nH]ccc1Oc1ccccc1. The Kier molecular flexibility index (Phi) is 2.67. The van der Waals surface area contributed by atoms with Gasteiger partial charge in [0.25, 0.3) is 10.0 Å². The van der Waals surface area contributed by atoms with E-state index in [0.29, 0.717) is 5.75 Å². The van der Waals surface area contributed by atoms with Crippen LogP contribution in [0.1, 0.15) is 0 Å². The highest BCUT2D eigenvalue weighted by molar-refractivity contribution is 7.89. The molecule has 0 radical (unpaired) electrons. The van der Waals surface area contributed by atoms with Gasteiger partial charge in [-0.05, 0) is 18.2 Å². The van der Waals surface area contributed by atoms with Crippen molar-refractivity contribution >= 4 is 10.0 Å². The van der Waals surface area contributed by atoms with Gasteiger partial charge in [-0.2, -0.15) is 0 Å². The molecule has 0 fully saturated rings. The number of aromatic amines is 1. The third kappa shape index (κ3) is 2.23. The molecule has 16 heavy (non-hydrogen) atoms. The Bertz CT molecular complexity index is 575. The van der Waals surface area contributed by atoms with Gasteiger partial charge in [-0.15, -0.1) is 0 Å². The van der Waals surface area contributed by atoms with Crippen molar-refractivity contribution in [3.05, 3.63) is 42.6 Å². The van der Waals surface area contributed by atoms with E-state index in [9.17, 15) is 8.42 Å². The molecule has 0 spiro atoms. The molecule has 2 rings (SSSR count). The van der Waals surface area contributed by atoms with Crippen molar-refractivity contribution in [1.82, 2.24) is 4.98 Å². The summed E-state index contributed by atoms with van der Waals surface area (Å²) in [6, 6.07) is 10.4. The summed E-state index contributed by atoms with van der Waals surface area (Å²) in [5.74, 6) is 0.737. The lowest BCUT2D eigenvalue weighted by molar-refractivity contribution is 0.467. The van der Waals surface area contributed by atoms with Crippen LogP contribution in [-0.4, -0.2) is 13.4 Å². The summed E-state index contributed by atoms with van der Waals surface area (Å²) in [7, 11) is -3.79. The average molecular weight is 238 g/mol. The molecule has 0 aliphatic carbocycles. The number of benzene rings is 1. The summed E-state index contributed by atoms with van der Waals surface area (Å²) in [4.78, 5) is 2.53. The Morgan fingerprint density at radius 2 is 1.81 bits per heavy atom. The van der Waals surface area contributed by atoms with Crippen LogP contribution >= 0.6 is 0 Å². The van der Waals surface area contributed by atoms with Gasteiger partial charge in [-0.1, -0.05) is 18.2 Å². The number of rotatable bonds is 3. The molecule has 6 heteroatoms. The number of primary sulfonamides is 1. The maximum Gasteiger partial charge on any atom is 0.257 e. The first-order valence-electron chi connectivity index (χ1n) is 4.50. The molecule has 0 aliphatic rings. The van der Waals surface area contributed by atoms with Gasteiger partial charge in [0.2, 0.25) is 0 Å². The number of H-pyrrole nitrogens is 1. The van der Waals surface area contributed by atoms with Crippen LogP contribution in [0.4, 0.5) is 0 Å². The number of nitrogens with one attached hydrogen (secondary N) is 1. The first-order chi connectivity index (χ1) is 7.57. The zero-order chi connectivity index (χ0) is 11.6. The van der Waals surface area contributed by atoms with E-state index in [0.717, 1.165) is 0 Å². The maximum atomic E-state index is 11.2. The first kappa shape index (κ1) is 10.7. The summed E-state index contributed by atoms with van der Waals surface area (Å²) < 4.78 is 27.7. The summed E-state index contributed by atoms with van der Waals surface area (Å²) in [5, 5.41) is 4.89. The minimum absolute atomic E-state index is 0.128. The summed E-state index contributed by atoms with van der Waals surface area (Å²) >= 11 is 0. The second kappa shape index (κ2) is 3.99. The third-order valence-corrected chi connectivity index (χ3v) is 2.82. The molecule has 84 valence electrons. The van der Waals surface area contributed by atoms with Crippen molar-refractivity contribution in [2.75, 3.05) is 0 Å². The Balaban J connectivity index is 2.34. The van der Waals surface area contributed by atoms with E-state index in [1.807, 2.05) is 6.07 Å². The lowest BCUT2D eigenvalue weighted by atomic mass is 10.3. The summed E-state index contributed by atoms with van der Waals surface area (Å²) in [6.07, 6.45) is 1.46. The topological polar surface area (TPSA) is 85.2 Å². The van der Waals surface area contributed by atoms with Crippen LogP contribution < -0.4 is 9.88 Å². The van der Waals surface area contributed by atoms with Gasteiger partial charge in [0, 0.05) is 6.20 Å². The third-order valence-electron chi connectivity index (χ3n) is 1.93. The Morgan fingerprint density at radius 3 is 2.44 bits per heavy atom. The predicted molar refractivity (Wildman–Crippen MR) is 58.7 cm³/mol. The Labute approximate surface area is 92.9 Å². The number of hydrogen-bond donors (Lipinski definition) is 2. The molecule has 1 heterocycles. The van der Waals surface area contributed by atoms with Gasteiger partial charge < -0.3 is 9.72 Å². The normalized spacial score (nSPS) is 11.3. The van der Waals surface area contributed by atoms with E-state index in [1.165, 1.54) is 12.3 Å². The fraction of sp³-hybridized carbons (Fsp3) is 0. The molecular weight excluding hydrogens is 228 g/mol. The van der Waals surface area contributed by atoms with E-state index in [1.54, 1.807) is 24.3 Å². The molecule has 1 aromatic heterocycles. The highest BCUT2D eigenvalue weighted by atomic mass is 32.2. The standard InChI is InChI=1S/C10H10N2O3S/c11-16(13,14)10-9(6-7-12-10)15-8-4-2-1-3-5-8/h1-7,12H,(H2,11,13,14).